The van der Waals surface area contributed by atoms with Gasteiger partial charge in [-0.05, 0) is 12.1 Å². The Bertz CT molecular complexity index is 365. The Morgan fingerprint density at radius 3 is 2.76 bits per heavy atom. The number of halogens is 1. The molecule has 0 aliphatic heterocycles. The first-order valence-corrected chi connectivity index (χ1v) is 6.90. The lowest BCUT2D eigenvalue weighted by Gasteiger charge is -2.16. The Morgan fingerprint density at radius 1 is 1.53 bits per heavy atom. The maximum Gasteiger partial charge on any atom is 0.223 e. The van der Waals surface area contributed by atoms with Crippen LogP contribution in [0.5, 0.6) is 0 Å². The molecule has 0 bridgehead atoms. The Kier molecular flexibility index (Phi) is 5.95. The number of nitrogens with zero attached hydrogens (tertiary/aromatic N) is 1. The highest BCUT2D eigenvalue weighted by atomic mass is 35.5. The number of carbonyl (C=O) groups excluding carboxylic acids is 1. The summed E-state index contributed by atoms with van der Waals surface area (Å²) in [5, 5.41) is 3.23. The predicted octanol–water partition coefficient (Wildman–Crippen LogP) is 2.75. The molecule has 0 aliphatic carbocycles. The van der Waals surface area contributed by atoms with E-state index in [4.69, 9.17) is 11.6 Å². The van der Waals surface area contributed by atoms with E-state index in [9.17, 15) is 4.79 Å². The van der Waals surface area contributed by atoms with Gasteiger partial charge in [0.1, 0.15) is 0 Å². The van der Waals surface area contributed by atoms with Gasteiger partial charge >= 0.3 is 0 Å². The van der Waals surface area contributed by atoms with Crippen molar-refractivity contribution in [2.75, 3.05) is 13.6 Å². The molecule has 0 radical (unpaired) electrons. The van der Waals surface area contributed by atoms with Gasteiger partial charge in [0.05, 0.1) is 10.9 Å². The largest absolute Gasteiger partial charge is 0.341 e. The molecule has 17 heavy (non-hydrogen) atoms. The van der Waals surface area contributed by atoms with Gasteiger partial charge in [0, 0.05) is 30.9 Å². The summed E-state index contributed by atoms with van der Waals surface area (Å²) in [4.78, 5) is 14.6. The molecule has 5 heteroatoms. The summed E-state index contributed by atoms with van der Waals surface area (Å²) in [6, 6.07) is 4.24. The molecule has 0 aromatic carbocycles. The molecule has 1 N–H and O–H groups in total. The lowest BCUT2D eigenvalue weighted by Crippen LogP contribution is -2.31. The monoisotopic (exact) mass is 274 g/mol. The predicted molar refractivity (Wildman–Crippen MR) is 73.6 cm³/mol. The average molecular weight is 275 g/mol. The SMILES string of the molecule is CC(C)NCCC(=O)N(C)Cc1ccc(Cl)s1. The topological polar surface area (TPSA) is 32.3 Å². The van der Waals surface area contributed by atoms with E-state index in [-0.39, 0.29) is 5.91 Å². The maximum atomic E-state index is 11.8. The molecular weight excluding hydrogens is 256 g/mol. The Labute approximate surface area is 112 Å². The number of thiophene rings is 1. The summed E-state index contributed by atoms with van der Waals surface area (Å²) in [6.45, 7) is 5.51. The van der Waals surface area contributed by atoms with E-state index in [1.807, 2.05) is 19.2 Å². The third kappa shape index (κ3) is 5.52. The van der Waals surface area contributed by atoms with Crippen LogP contribution in [0.3, 0.4) is 0 Å². The Balaban J connectivity index is 2.31. The summed E-state index contributed by atoms with van der Waals surface area (Å²) in [6.07, 6.45) is 0.536. The molecule has 0 aliphatic rings. The molecular formula is C12H19ClN2OS. The average Bonchev–Trinajstić information content (AvgIpc) is 2.63. The van der Waals surface area contributed by atoms with Crippen LogP contribution < -0.4 is 5.32 Å². The minimum Gasteiger partial charge on any atom is -0.341 e. The zero-order chi connectivity index (χ0) is 12.8. The van der Waals surface area contributed by atoms with Gasteiger partial charge in [0.15, 0.2) is 0 Å². The first-order valence-electron chi connectivity index (χ1n) is 5.70. The number of nitrogens with one attached hydrogen (secondary N) is 1. The molecule has 1 amide bonds. The van der Waals surface area contributed by atoms with Crippen molar-refractivity contribution in [1.82, 2.24) is 10.2 Å². The molecule has 0 saturated heterocycles. The van der Waals surface area contributed by atoms with Crippen LogP contribution in [0.15, 0.2) is 12.1 Å². The van der Waals surface area contributed by atoms with Gasteiger partial charge in [-0.3, -0.25) is 4.79 Å². The van der Waals surface area contributed by atoms with Crippen LogP contribution in [0.2, 0.25) is 4.34 Å². The minimum absolute atomic E-state index is 0.155. The van der Waals surface area contributed by atoms with Crippen molar-refractivity contribution >= 4 is 28.8 Å². The van der Waals surface area contributed by atoms with Crippen LogP contribution in [0.4, 0.5) is 0 Å². The van der Waals surface area contributed by atoms with Crippen LogP contribution in [0, 0.1) is 0 Å². The number of carbonyl (C=O) groups is 1. The third-order valence-corrected chi connectivity index (χ3v) is 3.55. The lowest BCUT2D eigenvalue weighted by atomic mass is 10.3. The quantitative estimate of drug-likeness (QED) is 0.865. The highest BCUT2D eigenvalue weighted by Crippen LogP contribution is 2.22. The summed E-state index contributed by atoms with van der Waals surface area (Å²) >= 11 is 7.37. The van der Waals surface area contributed by atoms with E-state index in [0.29, 0.717) is 19.0 Å². The fourth-order valence-corrected chi connectivity index (χ4v) is 2.56. The maximum absolute atomic E-state index is 11.8. The molecule has 0 saturated carbocycles. The number of hydrogen-bond acceptors (Lipinski definition) is 3. The second-order valence-corrected chi connectivity index (χ2v) is 6.11. The molecule has 1 rings (SSSR count). The van der Waals surface area contributed by atoms with Gasteiger partial charge in [0.2, 0.25) is 5.91 Å². The smallest absolute Gasteiger partial charge is 0.223 e. The normalized spacial score (nSPS) is 10.9. The Hall–Kier alpha value is -0.580. The molecule has 1 aromatic heterocycles. The van der Waals surface area contributed by atoms with E-state index in [1.165, 1.54) is 11.3 Å². The minimum atomic E-state index is 0.155. The molecule has 0 unspecified atom stereocenters. The van der Waals surface area contributed by atoms with Crippen molar-refractivity contribution in [2.45, 2.75) is 32.9 Å². The highest BCUT2D eigenvalue weighted by Gasteiger charge is 2.10. The van der Waals surface area contributed by atoms with Gasteiger partial charge in [-0.15, -0.1) is 11.3 Å². The zero-order valence-electron chi connectivity index (χ0n) is 10.5. The highest BCUT2D eigenvalue weighted by molar-refractivity contribution is 7.16. The zero-order valence-corrected chi connectivity index (χ0v) is 12.1. The number of hydrogen-bond donors (Lipinski definition) is 1. The van der Waals surface area contributed by atoms with Crippen LogP contribution in [-0.4, -0.2) is 30.4 Å². The van der Waals surface area contributed by atoms with Crippen molar-refractivity contribution < 1.29 is 4.79 Å². The molecule has 1 heterocycles. The van der Waals surface area contributed by atoms with Crippen LogP contribution in [0.25, 0.3) is 0 Å². The van der Waals surface area contributed by atoms with E-state index < -0.39 is 0 Å². The number of amides is 1. The van der Waals surface area contributed by atoms with Crippen LogP contribution >= 0.6 is 22.9 Å². The number of rotatable bonds is 6. The van der Waals surface area contributed by atoms with Crippen molar-refractivity contribution in [3.63, 3.8) is 0 Å². The van der Waals surface area contributed by atoms with Gasteiger partial charge < -0.3 is 10.2 Å². The van der Waals surface area contributed by atoms with Gasteiger partial charge in [-0.1, -0.05) is 25.4 Å². The summed E-state index contributed by atoms with van der Waals surface area (Å²) in [5.74, 6) is 0.155. The van der Waals surface area contributed by atoms with Crippen LogP contribution in [-0.2, 0) is 11.3 Å². The molecule has 1 aromatic rings. The fraction of sp³-hybridized carbons (Fsp3) is 0.583. The molecule has 0 fully saturated rings. The van der Waals surface area contributed by atoms with E-state index >= 15 is 0 Å². The van der Waals surface area contributed by atoms with Crippen molar-refractivity contribution in [3.05, 3.63) is 21.3 Å². The van der Waals surface area contributed by atoms with Crippen LogP contribution in [0.1, 0.15) is 25.1 Å². The molecule has 3 nitrogen and oxygen atoms in total. The summed E-state index contributed by atoms with van der Waals surface area (Å²) < 4.78 is 0.766. The van der Waals surface area contributed by atoms with Gasteiger partial charge in [-0.25, -0.2) is 0 Å². The standard InChI is InChI=1S/C12H19ClN2OS/c1-9(2)14-7-6-12(16)15(3)8-10-4-5-11(13)17-10/h4-5,9,14H,6-8H2,1-3H3. The van der Waals surface area contributed by atoms with E-state index in [0.717, 1.165) is 15.8 Å². The summed E-state index contributed by atoms with van der Waals surface area (Å²) in [7, 11) is 1.82. The Morgan fingerprint density at radius 2 is 2.24 bits per heavy atom. The lowest BCUT2D eigenvalue weighted by molar-refractivity contribution is -0.130. The van der Waals surface area contributed by atoms with Crippen molar-refractivity contribution in [3.8, 4) is 0 Å². The third-order valence-electron chi connectivity index (χ3n) is 2.34. The first kappa shape index (κ1) is 14.5. The van der Waals surface area contributed by atoms with Gasteiger partial charge in [0.25, 0.3) is 0 Å². The van der Waals surface area contributed by atoms with E-state index in [2.05, 4.69) is 19.2 Å². The first-order chi connectivity index (χ1) is 7.99. The fourth-order valence-electron chi connectivity index (χ4n) is 1.42. The second kappa shape index (κ2) is 6.99. The molecule has 96 valence electrons. The van der Waals surface area contributed by atoms with Crippen molar-refractivity contribution in [1.29, 1.82) is 0 Å². The van der Waals surface area contributed by atoms with Gasteiger partial charge in [-0.2, -0.15) is 0 Å². The summed E-state index contributed by atoms with van der Waals surface area (Å²) in [5.41, 5.74) is 0. The molecule has 0 spiro atoms. The molecule has 0 atom stereocenters. The second-order valence-electron chi connectivity index (χ2n) is 4.31. The van der Waals surface area contributed by atoms with Crippen molar-refractivity contribution in [2.24, 2.45) is 0 Å². The van der Waals surface area contributed by atoms with E-state index in [1.54, 1.807) is 4.90 Å².